The molecule has 0 rings (SSSR count). The standard InChI is InChI=1S/C10H20F3NO2Si/c1-6-7-8(16-17(3,4)5)14(2)9(15)10(11,12)13/h8H,6-7H2,1-5H3. The molecule has 1 atom stereocenters. The molecule has 1 amide bonds. The summed E-state index contributed by atoms with van der Waals surface area (Å²) in [5.41, 5.74) is 0. The van der Waals surface area contributed by atoms with Crippen LogP contribution >= 0.6 is 0 Å². The van der Waals surface area contributed by atoms with Crippen LogP contribution in [0.4, 0.5) is 13.2 Å². The molecule has 0 bridgehead atoms. The van der Waals surface area contributed by atoms with Gasteiger partial charge in [-0.15, -0.1) is 0 Å². The molecular formula is C10H20F3NO2Si. The second-order valence-corrected chi connectivity index (χ2v) is 9.35. The van der Waals surface area contributed by atoms with Crippen molar-refractivity contribution in [1.82, 2.24) is 4.90 Å². The molecule has 0 radical (unpaired) electrons. The lowest BCUT2D eigenvalue weighted by Crippen LogP contribution is -2.49. The maximum absolute atomic E-state index is 12.3. The summed E-state index contributed by atoms with van der Waals surface area (Å²) in [6.07, 6.45) is -4.57. The number of alkyl halides is 3. The van der Waals surface area contributed by atoms with Crippen molar-refractivity contribution in [1.29, 1.82) is 0 Å². The molecule has 0 aromatic carbocycles. The highest BCUT2D eigenvalue weighted by molar-refractivity contribution is 6.69. The number of hydrogen-bond donors (Lipinski definition) is 0. The molecule has 0 saturated carbocycles. The Bertz CT molecular complexity index is 263. The van der Waals surface area contributed by atoms with E-state index in [-0.39, 0.29) is 0 Å². The predicted molar refractivity (Wildman–Crippen MR) is 62.0 cm³/mol. The fourth-order valence-corrected chi connectivity index (χ4v) is 2.41. The quantitative estimate of drug-likeness (QED) is 0.568. The molecule has 0 aromatic heterocycles. The topological polar surface area (TPSA) is 29.5 Å². The molecule has 0 fully saturated rings. The molecular weight excluding hydrogens is 251 g/mol. The summed E-state index contributed by atoms with van der Waals surface area (Å²) in [6, 6.07) is 0. The third-order valence-corrected chi connectivity index (χ3v) is 3.00. The first-order valence-electron chi connectivity index (χ1n) is 5.51. The van der Waals surface area contributed by atoms with Crippen LogP contribution in [0, 0.1) is 0 Å². The van der Waals surface area contributed by atoms with Crippen LogP contribution in [0.25, 0.3) is 0 Å². The van der Waals surface area contributed by atoms with Crippen LogP contribution in [0.3, 0.4) is 0 Å². The summed E-state index contributed by atoms with van der Waals surface area (Å²) >= 11 is 0. The summed E-state index contributed by atoms with van der Waals surface area (Å²) in [5, 5.41) is 0. The zero-order valence-electron chi connectivity index (χ0n) is 10.9. The van der Waals surface area contributed by atoms with Gasteiger partial charge in [-0.3, -0.25) is 4.79 Å². The Balaban J connectivity index is 4.77. The zero-order valence-corrected chi connectivity index (χ0v) is 11.9. The lowest BCUT2D eigenvalue weighted by atomic mass is 10.3. The Morgan fingerprint density at radius 3 is 2.12 bits per heavy atom. The molecule has 0 spiro atoms. The minimum absolute atomic E-state index is 0.405. The molecule has 0 aliphatic heterocycles. The zero-order chi connectivity index (χ0) is 13.9. The van der Waals surface area contributed by atoms with Crippen molar-refractivity contribution in [2.45, 2.75) is 51.8 Å². The smallest absolute Gasteiger partial charge is 0.398 e. The Morgan fingerprint density at radius 1 is 1.35 bits per heavy atom. The maximum Gasteiger partial charge on any atom is 0.471 e. The lowest BCUT2D eigenvalue weighted by Gasteiger charge is -2.33. The largest absolute Gasteiger partial charge is 0.471 e. The average molecular weight is 271 g/mol. The van der Waals surface area contributed by atoms with E-state index in [0.717, 1.165) is 7.05 Å². The van der Waals surface area contributed by atoms with Crippen LogP contribution in [-0.2, 0) is 9.22 Å². The first-order valence-corrected chi connectivity index (χ1v) is 8.91. The van der Waals surface area contributed by atoms with Crippen molar-refractivity contribution in [3.8, 4) is 0 Å². The van der Waals surface area contributed by atoms with Gasteiger partial charge in [-0.1, -0.05) is 13.3 Å². The number of carbonyl (C=O) groups excluding carboxylic acids is 1. The Morgan fingerprint density at radius 2 is 1.82 bits per heavy atom. The van der Waals surface area contributed by atoms with Crippen LogP contribution in [0.15, 0.2) is 0 Å². The number of amides is 1. The van der Waals surface area contributed by atoms with E-state index >= 15 is 0 Å². The molecule has 1 unspecified atom stereocenters. The van der Waals surface area contributed by atoms with Gasteiger partial charge >= 0.3 is 12.1 Å². The second-order valence-electron chi connectivity index (χ2n) is 4.89. The number of nitrogens with zero attached hydrogens (tertiary/aromatic N) is 1. The minimum atomic E-state index is -4.84. The molecule has 0 saturated heterocycles. The van der Waals surface area contributed by atoms with Crippen molar-refractivity contribution in [3.63, 3.8) is 0 Å². The maximum atomic E-state index is 12.3. The average Bonchev–Trinajstić information content (AvgIpc) is 2.11. The molecule has 0 heterocycles. The fourth-order valence-electron chi connectivity index (χ4n) is 1.32. The number of rotatable bonds is 5. The SMILES string of the molecule is CCCC(O[Si](C)(C)C)N(C)C(=O)C(F)(F)F. The van der Waals surface area contributed by atoms with Crippen LogP contribution in [0.2, 0.25) is 19.6 Å². The number of halogens is 3. The van der Waals surface area contributed by atoms with Crippen LogP contribution in [0.5, 0.6) is 0 Å². The van der Waals surface area contributed by atoms with Gasteiger partial charge in [0.25, 0.3) is 0 Å². The van der Waals surface area contributed by atoms with Gasteiger partial charge in [0.05, 0.1) is 0 Å². The van der Waals surface area contributed by atoms with E-state index in [1.54, 1.807) is 0 Å². The van der Waals surface area contributed by atoms with Gasteiger partial charge in [0.15, 0.2) is 8.32 Å². The van der Waals surface area contributed by atoms with Gasteiger partial charge in [-0.05, 0) is 26.1 Å². The van der Waals surface area contributed by atoms with E-state index in [2.05, 4.69) is 0 Å². The fraction of sp³-hybridized carbons (Fsp3) is 0.900. The summed E-state index contributed by atoms with van der Waals surface area (Å²) < 4.78 is 42.5. The van der Waals surface area contributed by atoms with E-state index in [1.165, 1.54) is 0 Å². The van der Waals surface area contributed by atoms with Gasteiger partial charge in [0, 0.05) is 7.05 Å². The molecule has 7 heteroatoms. The highest BCUT2D eigenvalue weighted by atomic mass is 28.4. The van der Waals surface area contributed by atoms with E-state index in [0.29, 0.717) is 17.7 Å². The van der Waals surface area contributed by atoms with Crippen molar-refractivity contribution >= 4 is 14.2 Å². The Labute approximate surface area is 101 Å². The van der Waals surface area contributed by atoms with Crippen molar-refractivity contribution in [2.75, 3.05) is 7.05 Å². The van der Waals surface area contributed by atoms with Gasteiger partial charge in [-0.2, -0.15) is 13.2 Å². The molecule has 0 aromatic rings. The van der Waals surface area contributed by atoms with E-state index in [4.69, 9.17) is 4.43 Å². The second kappa shape index (κ2) is 5.86. The first-order chi connectivity index (χ1) is 7.49. The van der Waals surface area contributed by atoms with E-state index in [1.807, 2.05) is 26.6 Å². The normalized spacial score (nSPS) is 14.6. The summed E-state index contributed by atoms with van der Waals surface area (Å²) in [5.74, 6) is -1.85. The molecule has 17 heavy (non-hydrogen) atoms. The third kappa shape index (κ3) is 6.07. The first kappa shape index (κ1) is 16.4. The molecule has 0 N–H and O–H groups in total. The van der Waals surface area contributed by atoms with Gasteiger partial charge < -0.3 is 9.33 Å². The highest BCUT2D eigenvalue weighted by Gasteiger charge is 2.43. The third-order valence-electron chi connectivity index (χ3n) is 2.02. The monoisotopic (exact) mass is 271 g/mol. The predicted octanol–water partition coefficient (Wildman–Crippen LogP) is 2.98. The summed E-state index contributed by atoms with van der Waals surface area (Å²) in [4.78, 5) is 11.8. The molecule has 3 nitrogen and oxygen atoms in total. The van der Waals surface area contributed by atoms with Gasteiger partial charge in [0.2, 0.25) is 0 Å². The Kier molecular flexibility index (Phi) is 5.66. The van der Waals surface area contributed by atoms with Gasteiger partial charge in [0.1, 0.15) is 6.23 Å². The Hall–Kier alpha value is -0.563. The highest BCUT2D eigenvalue weighted by Crippen LogP contribution is 2.22. The summed E-state index contributed by atoms with van der Waals surface area (Å²) in [7, 11) is -0.851. The number of hydrogen-bond acceptors (Lipinski definition) is 2. The molecule has 0 aliphatic rings. The minimum Gasteiger partial charge on any atom is -0.398 e. The lowest BCUT2D eigenvalue weighted by molar-refractivity contribution is -0.191. The van der Waals surface area contributed by atoms with Gasteiger partial charge in [-0.25, -0.2) is 0 Å². The van der Waals surface area contributed by atoms with Crippen LogP contribution < -0.4 is 0 Å². The van der Waals surface area contributed by atoms with Crippen LogP contribution in [-0.4, -0.2) is 38.6 Å². The van der Waals surface area contributed by atoms with E-state index < -0.39 is 26.6 Å². The van der Waals surface area contributed by atoms with Crippen molar-refractivity contribution < 1.29 is 22.4 Å². The number of carbonyl (C=O) groups is 1. The van der Waals surface area contributed by atoms with Crippen molar-refractivity contribution in [3.05, 3.63) is 0 Å². The summed E-state index contributed by atoms with van der Waals surface area (Å²) in [6.45, 7) is 7.47. The van der Waals surface area contributed by atoms with E-state index in [9.17, 15) is 18.0 Å². The molecule has 0 aliphatic carbocycles. The molecule has 102 valence electrons. The van der Waals surface area contributed by atoms with Crippen LogP contribution in [0.1, 0.15) is 19.8 Å². The van der Waals surface area contributed by atoms with Crippen molar-refractivity contribution in [2.24, 2.45) is 0 Å².